The normalized spacial score (nSPS) is 10.1. The van der Waals surface area contributed by atoms with Crippen LogP contribution in [0.2, 0.25) is 0 Å². The first-order chi connectivity index (χ1) is 7.06. The summed E-state index contributed by atoms with van der Waals surface area (Å²) in [5, 5.41) is 0. The summed E-state index contributed by atoms with van der Waals surface area (Å²) < 4.78 is 6.35. The van der Waals surface area contributed by atoms with Gasteiger partial charge < -0.3 is 4.74 Å². The van der Waals surface area contributed by atoms with Crippen molar-refractivity contribution in [3.8, 4) is 0 Å². The van der Waals surface area contributed by atoms with E-state index in [4.69, 9.17) is 4.74 Å². The maximum absolute atomic E-state index is 11.6. The van der Waals surface area contributed by atoms with E-state index in [1.54, 1.807) is 13.8 Å². The Morgan fingerprint density at radius 2 is 2.33 bits per heavy atom. The second-order valence-electron chi connectivity index (χ2n) is 2.85. The van der Waals surface area contributed by atoms with E-state index in [2.05, 4.69) is 20.9 Å². The van der Waals surface area contributed by atoms with E-state index in [1.807, 2.05) is 0 Å². The predicted molar refractivity (Wildman–Crippen MR) is 57.6 cm³/mol. The summed E-state index contributed by atoms with van der Waals surface area (Å²) in [5.74, 6) is 0.0406. The van der Waals surface area contributed by atoms with Gasteiger partial charge in [0.1, 0.15) is 16.8 Å². The molecule has 82 valence electrons. The molecule has 6 heteroatoms. The summed E-state index contributed by atoms with van der Waals surface area (Å²) in [4.78, 5) is 26.8. The third-order valence-electron chi connectivity index (χ3n) is 1.80. The van der Waals surface area contributed by atoms with Gasteiger partial charge in [0.15, 0.2) is 0 Å². The van der Waals surface area contributed by atoms with Gasteiger partial charge in [-0.2, -0.15) is 0 Å². The molecule has 0 aliphatic heterocycles. The van der Waals surface area contributed by atoms with Crippen LogP contribution >= 0.6 is 15.9 Å². The zero-order chi connectivity index (χ0) is 11.4. The fraction of sp³-hybridized carbons (Fsp3) is 0.444. The number of hydrogen-bond donors (Lipinski definition) is 0. The highest BCUT2D eigenvalue weighted by Crippen LogP contribution is 2.01. The first kappa shape index (κ1) is 11.9. The standard InChI is InChI=1S/C9H11BrN2O3/c1-3-15-8(13)5-12-6(2)11-4-7(10)9(12)14/h4H,3,5H2,1-2H3. The van der Waals surface area contributed by atoms with Crippen LogP contribution in [0.1, 0.15) is 12.7 Å². The van der Waals surface area contributed by atoms with Crippen molar-refractivity contribution in [2.45, 2.75) is 20.4 Å². The predicted octanol–water partition coefficient (Wildman–Crippen LogP) is 0.877. The third-order valence-corrected chi connectivity index (χ3v) is 2.34. The van der Waals surface area contributed by atoms with Crippen molar-refractivity contribution in [3.63, 3.8) is 0 Å². The molecule has 0 N–H and O–H groups in total. The Balaban J connectivity index is 2.99. The van der Waals surface area contributed by atoms with E-state index >= 15 is 0 Å². The number of aryl methyl sites for hydroxylation is 1. The number of ether oxygens (including phenoxy) is 1. The number of esters is 1. The quantitative estimate of drug-likeness (QED) is 0.768. The van der Waals surface area contributed by atoms with Gasteiger partial charge in [-0.3, -0.25) is 14.2 Å². The van der Waals surface area contributed by atoms with Crippen molar-refractivity contribution in [1.29, 1.82) is 0 Å². The Hall–Kier alpha value is -1.17. The minimum Gasteiger partial charge on any atom is -0.465 e. The highest BCUT2D eigenvalue weighted by molar-refractivity contribution is 9.10. The average molecular weight is 275 g/mol. The Morgan fingerprint density at radius 1 is 1.67 bits per heavy atom. The molecule has 0 radical (unpaired) electrons. The molecule has 0 aliphatic carbocycles. The van der Waals surface area contributed by atoms with E-state index in [-0.39, 0.29) is 12.1 Å². The number of carbonyl (C=O) groups excluding carboxylic acids is 1. The maximum Gasteiger partial charge on any atom is 0.326 e. The van der Waals surface area contributed by atoms with Gasteiger partial charge in [0.25, 0.3) is 5.56 Å². The van der Waals surface area contributed by atoms with Gasteiger partial charge >= 0.3 is 5.97 Å². The van der Waals surface area contributed by atoms with Crippen molar-refractivity contribution >= 4 is 21.9 Å². The molecule has 0 unspecified atom stereocenters. The number of rotatable bonds is 3. The molecule has 0 atom stereocenters. The first-order valence-electron chi connectivity index (χ1n) is 4.43. The molecule has 0 aromatic carbocycles. The second kappa shape index (κ2) is 5.06. The summed E-state index contributed by atoms with van der Waals surface area (Å²) in [5.41, 5.74) is -0.282. The average Bonchev–Trinajstić information content (AvgIpc) is 2.19. The van der Waals surface area contributed by atoms with Gasteiger partial charge in [0.2, 0.25) is 0 Å². The highest BCUT2D eigenvalue weighted by Gasteiger charge is 2.10. The minimum absolute atomic E-state index is 0.106. The van der Waals surface area contributed by atoms with Gasteiger partial charge in [0.05, 0.1) is 6.61 Å². The molecule has 0 saturated carbocycles. The van der Waals surface area contributed by atoms with Crippen LogP contribution in [0.25, 0.3) is 0 Å². The molecule has 5 nitrogen and oxygen atoms in total. The first-order valence-corrected chi connectivity index (χ1v) is 5.23. The van der Waals surface area contributed by atoms with Crippen LogP contribution in [-0.4, -0.2) is 22.1 Å². The van der Waals surface area contributed by atoms with Crippen molar-refractivity contribution in [3.05, 3.63) is 26.8 Å². The van der Waals surface area contributed by atoms with E-state index < -0.39 is 5.97 Å². The van der Waals surface area contributed by atoms with Crippen LogP contribution in [-0.2, 0) is 16.1 Å². The third kappa shape index (κ3) is 2.89. The van der Waals surface area contributed by atoms with Gasteiger partial charge in [0, 0.05) is 6.20 Å². The summed E-state index contributed by atoms with van der Waals surface area (Å²) in [6.07, 6.45) is 1.42. The van der Waals surface area contributed by atoms with Crippen LogP contribution in [0, 0.1) is 6.92 Å². The molecule has 0 bridgehead atoms. The largest absolute Gasteiger partial charge is 0.465 e. The lowest BCUT2D eigenvalue weighted by atomic mass is 10.5. The summed E-state index contributed by atoms with van der Waals surface area (Å²) >= 11 is 3.06. The Morgan fingerprint density at radius 3 is 2.93 bits per heavy atom. The summed E-state index contributed by atoms with van der Waals surface area (Å²) in [6.45, 7) is 3.57. The van der Waals surface area contributed by atoms with Crippen LogP contribution in [0.3, 0.4) is 0 Å². The zero-order valence-electron chi connectivity index (χ0n) is 8.49. The molecule has 1 heterocycles. The fourth-order valence-electron chi connectivity index (χ4n) is 1.07. The molecule has 0 spiro atoms. The lowest BCUT2D eigenvalue weighted by molar-refractivity contribution is -0.143. The van der Waals surface area contributed by atoms with Crippen molar-refractivity contribution in [1.82, 2.24) is 9.55 Å². The van der Waals surface area contributed by atoms with Crippen molar-refractivity contribution in [2.24, 2.45) is 0 Å². The Bertz CT molecular complexity index is 428. The topological polar surface area (TPSA) is 61.2 Å². The van der Waals surface area contributed by atoms with E-state index in [9.17, 15) is 9.59 Å². The van der Waals surface area contributed by atoms with Gasteiger partial charge in [-0.15, -0.1) is 0 Å². The molecule has 0 aliphatic rings. The number of hydrogen-bond acceptors (Lipinski definition) is 4. The minimum atomic E-state index is -0.442. The number of carbonyl (C=O) groups is 1. The molecule has 0 amide bonds. The molecule has 1 aromatic rings. The number of halogens is 1. The summed E-state index contributed by atoms with van der Waals surface area (Å²) in [6, 6.07) is 0. The molecule has 0 fully saturated rings. The van der Waals surface area contributed by atoms with Crippen LogP contribution in [0.15, 0.2) is 15.5 Å². The maximum atomic E-state index is 11.6. The van der Waals surface area contributed by atoms with E-state index in [0.717, 1.165) is 0 Å². The molecule has 15 heavy (non-hydrogen) atoms. The van der Waals surface area contributed by atoms with Crippen molar-refractivity contribution in [2.75, 3.05) is 6.61 Å². The molecule has 0 saturated heterocycles. The van der Waals surface area contributed by atoms with E-state index in [0.29, 0.717) is 16.9 Å². The lowest BCUT2D eigenvalue weighted by Gasteiger charge is -2.08. The Labute approximate surface area is 95.2 Å². The molecular formula is C9H11BrN2O3. The van der Waals surface area contributed by atoms with Gasteiger partial charge in [-0.05, 0) is 29.8 Å². The molecule has 1 aromatic heterocycles. The van der Waals surface area contributed by atoms with Crippen LogP contribution < -0.4 is 5.56 Å². The number of nitrogens with zero attached hydrogens (tertiary/aromatic N) is 2. The smallest absolute Gasteiger partial charge is 0.326 e. The Kier molecular flexibility index (Phi) is 4.02. The zero-order valence-corrected chi connectivity index (χ0v) is 10.1. The van der Waals surface area contributed by atoms with Crippen LogP contribution in [0.4, 0.5) is 0 Å². The summed E-state index contributed by atoms with van der Waals surface area (Å²) in [7, 11) is 0. The molecular weight excluding hydrogens is 264 g/mol. The number of aromatic nitrogens is 2. The second-order valence-corrected chi connectivity index (χ2v) is 3.70. The fourth-order valence-corrected chi connectivity index (χ4v) is 1.39. The lowest BCUT2D eigenvalue weighted by Crippen LogP contribution is -2.28. The van der Waals surface area contributed by atoms with Gasteiger partial charge in [-0.25, -0.2) is 4.98 Å². The SMILES string of the molecule is CCOC(=O)Cn1c(C)ncc(Br)c1=O. The molecule has 1 rings (SSSR count). The monoisotopic (exact) mass is 274 g/mol. The van der Waals surface area contributed by atoms with E-state index in [1.165, 1.54) is 10.8 Å². The highest BCUT2D eigenvalue weighted by atomic mass is 79.9. The van der Waals surface area contributed by atoms with Gasteiger partial charge in [-0.1, -0.05) is 0 Å². The van der Waals surface area contributed by atoms with Crippen LogP contribution in [0.5, 0.6) is 0 Å². The van der Waals surface area contributed by atoms with Crippen molar-refractivity contribution < 1.29 is 9.53 Å².